The highest BCUT2D eigenvalue weighted by atomic mass is 32.2. The second-order valence-corrected chi connectivity index (χ2v) is 9.34. The van der Waals surface area contributed by atoms with E-state index in [2.05, 4.69) is 26.6 Å². The third-order valence-corrected chi connectivity index (χ3v) is 7.08. The van der Waals surface area contributed by atoms with E-state index in [1.54, 1.807) is 24.8 Å². The van der Waals surface area contributed by atoms with Crippen molar-refractivity contribution in [2.45, 2.75) is 18.5 Å². The Balaban J connectivity index is 1.30. The van der Waals surface area contributed by atoms with Gasteiger partial charge in [-0.15, -0.1) is 21.5 Å². The number of nitrogens with zero attached hydrogens (tertiary/aromatic N) is 5. The molecule has 0 N–H and O–H groups in total. The van der Waals surface area contributed by atoms with Gasteiger partial charge in [0, 0.05) is 23.2 Å². The molecule has 0 saturated heterocycles. The Morgan fingerprint density at radius 2 is 2.09 bits per heavy atom. The maximum Gasteiger partial charge on any atom is 0.237 e. The first-order chi connectivity index (χ1) is 15.6. The van der Waals surface area contributed by atoms with Gasteiger partial charge < -0.3 is 9.64 Å². The van der Waals surface area contributed by atoms with Crippen molar-refractivity contribution in [3.63, 3.8) is 0 Å². The van der Waals surface area contributed by atoms with E-state index >= 15 is 0 Å². The van der Waals surface area contributed by atoms with Gasteiger partial charge in [0.15, 0.2) is 5.16 Å². The first-order valence-electron chi connectivity index (χ1n) is 10.2. The SMILES string of the molecule is COc1ccccc1-n1cnnc1SCC(=O)N1CCc2cc(-c3csc(C)n3)ccc21. The maximum atomic E-state index is 13.0. The highest BCUT2D eigenvalue weighted by Gasteiger charge is 2.26. The highest BCUT2D eigenvalue weighted by Crippen LogP contribution is 2.34. The summed E-state index contributed by atoms with van der Waals surface area (Å²) >= 11 is 3.02. The van der Waals surface area contributed by atoms with Gasteiger partial charge in [-0.2, -0.15) is 0 Å². The molecular formula is C23H21N5O2S2. The second kappa shape index (κ2) is 8.76. The standard InChI is InChI=1S/C23H21N5O2S2/c1-15-25-18(12-31-15)16-7-8-19-17(11-16)9-10-27(19)22(29)13-32-23-26-24-14-28(23)20-5-3-4-6-21(20)30-2/h3-8,11-12,14H,9-10,13H2,1-2H3. The number of methoxy groups -OCH3 is 1. The van der Waals surface area contributed by atoms with Gasteiger partial charge in [0.05, 0.1) is 29.3 Å². The number of carbonyl (C=O) groups excluding carboxylic acids is 1. The Morgan fingerprint density at radius 1 is 1.22 bits per heavy atom. The number of ether oxygens (including phenoxy) is 1. The van der Waals surface area contributed by atoms with Gasteiger partial charge >= 0.3 is 0 Å². The topological polar surface area (TPSA) is 73.1 Å². The van der Waals surface area contributed by atoms with Gasteiger partial charge in [-0.05, 0) is 43.2 Å². The van der Waals surface area contributed by atoms with Crippen molar-refractivity contribution in [3.05, 3.63) is 64.7 Å². The van der Waals surface area contributed by atoms with Gasteiger partial charge in [0.1, 0.15) is 12.1 Å². The maximum absolute atomic E-state index is 13.0. The Morgan fingerprint density at radius 3 is 2.91 bits per heavy atom. The van der Waals surface area contributed by atoms with E-state index in [9.17, 15) is 4.79 Å². The quantitative estimate of drug-likeness (QED) is 0.395. The fourth-order valence-corrected chi connectivity index (χ4v) is 5.26. The predicted molar refractivity (Wildman–Crippen MR) is 127 cm³/mol. The lowest BCUT2D eigenvalue weighted by atomic mass is 10.1. The molecule has 162 valence electrons. The van der Waals surface area contributed by atoms with E-state index in [0.29, 0.717) is 11.7 Å². The molecule has 7 nitrogen and oxygen atoms in total. The van der Waals surface area contributed by atoms with Crippen molar-refractivity contribution in [2.75, 3.05) is 24.3 Å². The molecule has 2 aromatic carbocycles. The lowest BCUT2D eigenvalue weighted by Crippen LogP contribution is -2.30. The Kier molecular flexibility index (Phi) is 5.67. The number of thiazole rings is 1. The summed E-state index contributed by atoms with van der Waals surface area (Å²) in [7, 11) is 1.63. The van der Waals surface area contributed by atoms with Crippen LogP contribution in [0.5, 0.6) is 5.75 Å². The van der Waals surface area contributed by atoms with Crippen molar-refractivity contribution in [2.24, 2.45) is 0 Å². The monoisotopic (exact) mass is 463 g/mol. The highest BCUT2D eigenvalue weighted by molar-refractivity contribution is 7.99. The minimum Gasteiger partial charge on any atom is -0.495 e. The van der Waals surface area contributed by atoms with E-state index < -0.39 is 0 Å². The van der Waals surface area contributed by atoms with Crippen molar-refractivity contribution in [1.29, 1.82) is 0 Å². The van der Waals surface area contributed by atoms with Crippen molar-refractivity contribution in [3.8, 4) is 22.7 Å². The number of fused-ring (bicyclic) bond motifs is 1. The molecular weight excluding hydrogens is 442 g/mol. The van der Waals surface area contributed by atoms with Crippen molar-refractivity contribution in [1.82, 2.24) is 19.7 Å². The Bertz CT molecular complexity index is 1280. The molecule has 0 unspecified atom stereocenters. The number of hydrogen-bond acceptors (Lipinski definition) is 7. The number of hydrogen-bond donors (Lipinski definition) is 0. The summed E-state index contributed by atoms with van der Waals surface area (Å²) in [6, 6.07) is 13.9. The number of rotatable bonds is 6. The van der Waals surface area contributed by atoms with Gasteiger partial charge in [0.25, 0.3) is 0 Å². The molecule has 4 aromatic rings. The Hall–Kier alpha value is -3.17. The van der Waals surface area contributed by atoms with E-state index in [1.165, 1.54) is 17.3 Å². The lowest BCUT2D eigenvalue weighted by Gasteiger charge is -2.17. The first kappa shape index (κ1) is 20.7. The first-order valence-corrected chi connectivity index (χ1v) is 12.0. The van der Waals surface area contributed by atoms with Crippen LogP contribution in [0.15, 0.2) is 59.3 Å². The summed E-state index contributed by atoms with van der Waals surface area (Å²) in [5.41, 5.74) is 5.10. The molecule has 5 rings (SSSR count). The third-order valence-electron chi connectivity index (χ3n) is 5.38. The number of carbonyl (C=O) groups is 1. The summed E-state index contributed by atoms with van der Waals surface area (Å²) in [5.74, 6) is 1.06. The minimum absolute atomic E-state index is 0.0561. The van der Waals surface area contributed by atoms with Crippen LogP contribution in [0.25, 0.3) is 16.9 Å². The summed E-state index contributed by atoms with van der Waals surface area (Å²) < 4.78 is 7.29. The summed E-state index contributed by atoms with van der Waals surface area (Å²) in [5, 5.41) is 12.0. The molecule has 1 amide bonds. The molecule has 0 atom stereocenters. The lowest BCUT2D eigenvalue weighted by molar-refractivity contribution is -0.116. The van der Waals surface area contributed by atoms with Crippen LogP contribution in [-0.2, 0) is 11.2 Å². The number of benzene rings is 2. The molecule has 32 heavy (non-hydrogen) atoms. The fourth-order valence-electron chi connectivity index (χ4n) is 3.84. The second-order valence-electron chi connectivity index (χ2n) is 7.33. The van der Waals surface area contributed by atoms with Crippen LogP contribution in [0.3, 0.4) is 0 Å². The van der Waals surface area contributed by atoms with Crippen molar-refractivity contribution >= 4 is 34.7 Å². The molecule has 0 spiro atoms. The van der Waals surface area contributed by atoms with Gasteiger partial charge in [-0.3, -0.25) is 9.36 Å². The van der Waals surface area contributed by atoms with Gasteiger partial charge in [0.2, 0.25) is 5.91 Å². The molecule has 0 aliphatic carbocycles. The number of anilines is 1. The zero-order valence-electron chi connectivity index (χ0n) is 17.7. The van der Waals surface area contributed by atoms with Gasteiger partial charge in [-0.1, -0.05) is 30.0 Å². The number of aryl methyl sites for hydroxylation is 1. The molecule has 0 saturated carbocycles. The van der Waals surface area contributed by atoms with Crippen LogP contribution in [0, 0.1) is 6.92 Å². The molecule has 0 fully saturated rings. The third kappa shape index (κ3) is 3.89. The molecule has 1 aliphatic heterocycles. The van der Waals surface area contributed by atoms with Crippen LogP contribution in [-0.4, -0.2) is 45.1 Å². The predicted octanol–water partition coefficient (Wildman–Crippen LogP) is 4.39. The summed E-state index contributed by atoms with van der Waals surface area (Å²) in [4.78, 5) is 19.5. The zero-order valence-corrected chi connectivity index (χ0v) is 19.3. The average molecular weight is 464 g/mol. The zero-order chi connectivity index (χ0) is 22.1. The minimum atomic E-state index is 0.0561. The average Bonchev–Trinajstić information content (AvgIpc) is 3.56. The van der Waals surface area contributed by atoms with E-state index in [-0.39, 0.29) is 11.7 Å². The molecule has 3 heterocycles. The van der Waals surface area contributed by atoms with Crippen LogP contribution in [0.4, 0.5) is 5.69 Å². The molecule has 0 bridgehead atoms. The summed E-state index contributed by atoms with van der Waals surface area (Å²) in [6.45, 7) is 2.70. The van der Waals surface area contributed by atoms with E-state index in [1.807, 2.05) is 52.8 Å². The number of para-hydroxylation sites is 2. The van der Waals surface area contributed by atoms with E-state index in [0.717, 1.165) is 39.8 Å². The Labute approximate surface area is 194 Å². The molecule has 9 heteroatoms. The molecule has 0 radical (unpaired) electrons. The molecule has 2 aromatic heterocycles. The van der Waals surface area contributed by atoms with Gasteiger partial charge in [-0.25, -0.2) is 4.98 Å². The van der Waals surface area contributed by atoms with Crippen LogP contribution in [0.1, 0.15) is 10.6 Å². The van der Waals surface area contributed by atoms with Crippen LogP contribution >= 0.6 is 23.1 Å². The smallest absolute Gasteiger partial charge is 0.237 e. The number of aromatic nitrogens is 4. The summed E-state index contributed by atoms with van der Waals surface area (Å²) in [6.07, 6.45) is 2.48. The fraction of sp³-hybridized carbons (Fsp3) is 0.217. The van der Waals surface area contributed by atoms with Crippen LogP contribution in [0.2, 0.25) is 0 Å². The van der Waals surface area contributed by atoms with Crippen LogP contribution < -0.4 is 9.64 Å². The van der Waals surface area contributed by atoms with Crippen molar-refractivity contribution < 1.29 is 9.53 Å². The largest absolute Gasteiger partial charge is 0.495 e. The normalized spacial score (nSPS) is 12.8. The molecule has 1 aliphatic rings. The number of thioether (sulfide) groups is 1. The van der Waals surface area contributed by atoms with E-state index in [4.69, 9.17) is 4.74 Å². The number of amides is 1.